The van der Waals surface area contributed by atoms with Crippen LogP contribution in [0.1, 0.15) is 32.5 Å². The Hall–Kier alpha value is -0.600. The molecular weight excluding hydrogens is 284 g/mol. The molecule has 8 heteroatoms. The Kier molecular flexibility index (Phi) is 6.81. The van der Waals surface area contributed by atoms with Crippen molar-refractivity contribution in [2.24, 2.45) is 5.73 Å². The van der Waals surface area contributed by atoms with Gasteiger partial charge in [-0.1, -0.05) is 25.6 Å². The van der Waals surface area contributed by atoms with E-state index in [1.165, 1.54) is 11.8 Å². The van der Waals surface area contributed by atoms with Gasteiger partial charge in [0.15, 0.2) is 15.0 Å². The monoisotopic (exact) mass is 306 g/mol. The van der Waals surface area contributed by atoms with Gasteiger partial charge in [0.25, 0.3) is 0 Å². The molecule has 1 aromatic rings. The molecule has 0 radical (unpaired) electrons. The molecule has 2 N–H and O–H groups in total. The molecule has 0 unspecified atom stereocenters. The summed E-state index contributed by atoms with van der Waals surface area (Å²) in [5.41, 5.74) is 5.60. The van der Waals surface area contributed by atoms with Gasteiger partial charge in [-0.15, -0.1) is 10.2 Å². The number of nitrogens with zero attached hydrogens (tertiary/aromatic N) is 3. The number of hydrogen-bond acceptors (Lipinski definition) is 6. The van der Waals surface area contributed by atoms with Crippen molar-refractivity contribution in [3.63, 3.8) is 0 Å². The quantitative estimate of drug-likeness (QED) is 0.686. The standard InChI is InChI=1S/C11H22N4O2S2/c1-3-5-15-10(9-12)13-14-11(15)18-6-8-19(16,17)7-4-2/h3-9,12H2,1-2H3. The molecule has 1 rings (SSSR count). The molecule has 0 saturated heterocycles. The minimum atomic E-state index is -2.93. The SMILES string of the molecule is CCCn1c(CN)nnc1SCCS(=O)(=O)CCC. The first kappa shape index (κ1) is 16.5. The van der Waals surface area contributed by atoms with Crippen LogP contribution in [-0.4, -0.2) is 40.4 Å². The molecule has 0 aliphatic carbocycles. The van der Waals surface area contributed by atoms with E-state index >= 15 is 0 Å². The average molecular weight is 306 g/mol. The molecule has 1 aromatic heterocycles. The van der Waals surface area contributed by atoms with Crippen molar-refractivity contribution in [1.29, 1.82) is 0 Å². The molecule has 0 aliphatic rings. The van der Waals surface area contributed by atoms with Gasteiger partial charge in [0.1, 0.15) is 5.82 Å². The van der Waals surface area contributed by atoms with Crippen LogP contribution in [0.15, 0.2) is 5.16 Å². The zero-order chi connectivity index (χ0) is 14.3. The van der Waals surface area contributed by atoms with Crippen molar-refractivity contribution in [3.8, 4) is 0 Å². The zero-order valence-corrected chi connectivity index (χ0v) is 13.1. The van der Waals surface area contributed by atoms with Gasteiger partial charge in [-0.25, -0.2) is 8.42 Å². The molecule has 0 saturated carbocycles. The fraction of sp³-hybridized carbons (Fsp3) is 0.818. The molecule has 0 spiro atoms. The van der Waals surface area contributed by atoms with Gasteiger partial charge in [-0.2, -0.15) is 0 Å². The summed E-state index contributed by atoms with van der Waals surface area (Å²) in [6, 6.07) is 0. The van der Waals surface area contributed by atoms with E-state index < -0.39 is 9.84 Å². The molecule has 6 nitrogen and oxygen atoms in total. The van der Waals surface area contributed by atoms with Crippen LogP contribution in [-0.2, 0) is 22.9 Å². The first-order valence-electron chi connectivity index (χ1n) is 6.49. The van der Waals surface area contributed by atoms with Crippen LogP contribution in [0.25, 0.3) is 0 Å². The molecule has 1 heterocycles. The van der Waals surface area contributed by atoms with E-state index in [1.807, 2.05) is 11.5 Å². The van der Waals surface area contributed by atoms with E-state index in [4.69, 9.17) is 5.73 Å². The van der Waals surface area contributed by atoms with Crippen molar-refractivity contribution < 1.29 is 8.42 Å². The number of sulfone groups is 1. The summed E-state index contributed by atoms with van der Waals surface area (Å²) < 4.78 is 25.2. The molecule has 0 bridgehead atoms. The van der Waals surface area contributed by atoms with Gasteiger partial charge in [0.2, 0.25) is 0 Å². The Morgan fingerprint density at radius 2 is 1.95 bits per heavy atom. The third-order valence-corrected chi connectivity index (χ3v) is 5.65. The highest BCUT2D eigenvalue weighted by Gasteiger charge is 2.13. The van der Waals surface area contributed by atoms with E-state index in [9.17, 15) is 8.42 Å². The van der Waals surface area contributed by atoms with Crippen LogP contribution < -0.4 is 5.73 Å². The van der Waals surface area contributed by atoms with Crippen molar-refractivity contribution in [2.45, 2.75) is 44.9 Å². The lowest BCUT2D eigenvalue weighted by molar-refractivity contribution is 0.591. The Morgan fingerprint density at radius 1 is 1.21 bits per heavy atom. The van der Waals surface area contributed by atoms with Crippen molar-refractivity contribution >= 4 is 21.6 Å². The Balaban J connectivity index is 2.60. The maximum absolute atomic E-state index is 11.6. The first-order chi connectivity index (χ1) is 9.04. The summed E-state index contributed by atoms with van der Waals surface area (Å²) in [4.78, 5) is 0. The lowest BCUT2D eigenvalue weighted by atomic mass is 10.4. The second-order valence-electron chi connectivity index (χ2n) is 4.25. The van der Waals surface area contributed by atoms with E-state index in [0.717, 1.165) is 23.9 Å². The van der Waals surface area contributed by atoms with Crippen LogP contribution in [0.5, 0.6) is 0 Å². The maximum Gasteiger partial charge on any atom is 0.191 e. The fourth-order valence-corrected chi connectivity index (χ4v) is 4.51. The van der Waals surface area contributed by atoms with E-state index in [1.54, 1.807) is 0 Å². The Morgan fingerprint density at radius 3 is 2.53 bits per heavy atom. The highest BCUT2D eigenvalue weighted by Crippen LogP contribution is 2.18. The lowest BCUT2D eigenvalue weighted by Gasteiger charge is -2.07. The summed E-state index contributed by atoms with van der Waals surface area (Å²) in [7, 11) is -2.93. The van der Waals surface area contributed by atoms with Crippen molar-refractivity contribution in [2.75, 3.05) is 17.3 Å². The highest BCUT2D eigenvalue weighted by atomic mass is 32.2. The van der Waals surface area contributed by atoms with Gasteiger partial charge in [0, 0.05) is 18.1 Å². The van der Waals surface area contributed by atoms with Crippen molar-refractivity contribution in [1.82, 2.24) is 14.8 Å². The van der Waals surface area contributed by atoms with Crippen LogP contribution in [0.3, 0.4) is 0 Å². The number of nitrogens with two attached hydrogens (primary N) is 1. The van der Waals surface area contributed by atoms with Crippen LogP contribution in [0.2, 0.25) is 0 Å². The molecule has 0 amide bonds. The number of aromatic nitrogens is 3. The number of rotatable bonds is 9. The molecule has 0 aromatic carbocycles. The largest absolute Gasteiger partial charge is 0.324 e. The smallest absolute Gasteiger partial charge is 0.191 e. The van der Waals surface area contributed by atoms with Gasteiger partial charge in [-0.05, 0) is 12.8 Å². The van der Waals surface area contributed by atoms with Gasteiger partial charge in [0.05, 0.1) is 12.3 Å². The zero-order valence-electron chi connectivity index (χ0n) is 11.5. The molecule has 0 fully saturated rings. The summed E-state index contributed by atoms with van der Waals surface area (Å²) in [6.07, 6.45) is 1.63. The molecular formula is C11H22N4O2S2. The van der Waals surface area contributed by atoms with Crippen LogP contribution in [0.4, 0.5) is 0 Å². The summed E-state index contributed by atoms with van der Waals surface area (Å²) in [5.74, 6) is 1.70. The van der Waals surface area contributed by atoms with Gasteiger partial charge in [-0.3, -0.25) is 0 Å². The van der Waals surface area contributed by atoms with Gasteiger partial charge < -0.3 is 10.3 Å². The summed E-state index contributed by atoms with van der Waals surface area (Å²) in [5, 5.41) is 8.85. The minimum Gasteiger partial charge on any atom is -0.324 e. The van der Waals surface area contributed by atoms with E-state index in [2.05, 4.69) is 17.1 Å². The third-order valence-electron chi connectivity index (χ3n) is 2.56. The molecule has 0 aliphatic heterocycles. The minimum absolute atomic E-state index is 0.183. The third kappa shape index (κ3) is 5.12. The van der Waals surface area contributed by atoms with Crippen molar-refractivity contribution in [3.05, 3.63) is 5.82 Å². The average Bonchev–Trinajstić information content (AvgIpc) is 2.72. The van der Waals surface area contributed by atoms with Crippen LogP contribution >= 0.6 is 11.8 Å². The number of hydrogen-bond donors (Lipinski definition) is 1. The molecule has 19 heavy (non-hydrogen) atoms. The Bertz CT molecular complexity index is 485. The van der Waals surface area contributed by atoms with E-state index in [-0.39, 0.29) is 11.5 Å². The molecule has 110 valence electrons. The lowest BCUT2D eigenvalue weighted by Crippen LogP contribution is -2.13. The predicted octanol–water partition coefficient (Wildman–Crippen LogP) is 1.06. The second kappa shape index (κ2) is 7.86. The topological polar surface area (TPSA) is 90.9 Å². The second-order valence-corrected chi connectivity index (χ2v) is 7.62. The van der Waals surface area contributed by atoms with Crippen LogP contribution in [0, 0.1) is 0 Å². The summed E-state index contributed by atoms with van der Waals surface area (Å²) in [6.45, 7) is 5.10. The van der Waals surface area contributed by atoms with E-state index in [0.29, 0.717) is 18.7 Å². The molecule has 0 atom stereocenters. The van der Waals surface area contributed by atoms with Gasteiger partial charge >= 0.3 is 0 Å². The Labute approximate surface area is 119 Å². The number of thioether (sulfide) groups is 1. The summed E-state index contributed by atoms with van der Waals surface area (Å²) >= 11 is 1.43. The normalized spacial score (nSPS) is 11.9. The fourth-order valence-electron chi connectivity index (χ4n) is 1.70. The highest BCUT2D eigenvalue weighted by molar-refractivity contribution is 8.00. The first-order valence-corrected chi connectivity index (χ1v) is 9.30. The predicted molar refractivity (Wildman–Crippen MR) is 77.9 cm³/mol. The maximum atomic E-state index is 11.6.